The third kappa shape index (κ3) is 5.47. The number of carbonyl (C=O) groups excluding carboxylic acids is 1. The molecule has 176 valence electrons. The van der Waals surface area contributed by atoms with E-state index >= 15 is 0 Å². The first-order valence-electron chi connectivity index (χ1n) is 12.0. The van der Waals surface area contributed by atoms with E-state index in [1.54, 1.807) is 0 Å². The summed E-state index contributed by atoms with van der Waals surface area (Å²) < 4.78 is 2.05. The molecular formula is C26H36N6O. The molecular weight excluding hydrogens is 412 g/mol. The Morgan fingerprint density at radius 1 is 1.12 bits per heavy atom. The minimum absolute atomic E-state index is 0.0517. The highest BCUT2D eigenvalue weighted by Gasteiger charge is 2.28. The molecule has 0 aliphatic carbocycles. The van der Waals surface area contributed by atoms with Gasteiger partial charge < -0.3 is 14.8 Å². The van der Waals surface area contributed by atoms with Crippen LogP contribution in [0.4, 0.5) is 5.82 Å². The van der Waals surface area contributed by atoms with Gasteiger partial charge in [-0.15, -0.1) is 0 Å². The fourth-order valence-corrected chi connectivity index (χ4v) is 5.19. The number of piperidine rings is 1. The van der Waals surface area contributed by atoms with Gasteiger partial charge in [0.1, 0.15) is 11.9 Å². The number of nitrogens with one attached hydrogen (secondary N) is 1. The topological polar surface area (TPSA) is 67.5 Å². The van der Waals surface area contributed by atoms with Gasteiger partial charge in [-0.25, -0.2) is 0 Å². The van der Waals surface area contributed by atoms with Gasteiger partial charge in [0.25, 0.3) is 0 Å². The molecule has 1 unspecified atom stereocenters. The van der Waals surface area contributed by atoms with E-state index in [0.29, 0.717) is 30.5 Å². The lowest BCUT2D eigenvalue weighted by Crippen LogP contribution is -2.55. The largest absolute Gasteiger partial charge is 0.326 e. The second-order valence-corrected chi connectivity index (χ2v) is 9.54. The average Bonchev–Trinajstić information content (AvgIpc) is 3.04. The summed E-state index contributed by atoms with van der Waals surface area (Å²) in [6.07, 6.45) is 2.55. The lowest BCUT2D eigenvalue weighted by atomic mass is 10.0. The van der Waals surface area contributed by atoms with Crippen LogP contribution in [0.15, 0.2) is 30.3 Å². The second-order valence-electron chi connectivity index (χ2n) is 9.54. The van der Waals surface area contributed by atoms with Gasteiger partial charge in [-0.2, -0.15) is 5.26 Å². The average molecular weight is 449 g/mol. The Morgan fingerprint density at radius 2 is 1.85 bits per heavy atom. The number of aromatic nitrogens is 1. The van der Waals surface area contributed by atoms with Crippen LogP contribution >= 0.6 is 0 Å². The van der Waals surface area contributed by atoms with E-state index in [1.807, 2.05) is 32.0 Å². The van der Waals surface area contributed by atoms with Crippen LogP contribution in [0, 0.1) is 25.2 Å². The van der Waals surface area contributed by atoms with E-state index in [2.05, 4.69) is 49.8 Å². The highest BCUT2D eigenvalue weighted by Crippen LogP contribution is 2.27. The lowest BCUT2D eigenvalue weighted by Gasteiger charge is -2.42. The van der Waals surface area contributed by atoms with Crippen molar-refractivity contribution in [2.75, 3.05) is 58.2 Å². The van der Waals surface area contributed by atoms with Crippen molar-refractivity contribution in [1.29, 1.82) is 5.26 Å². The van der Waals surface area contributed by atoms with Gasteiger partial charge in [-0.05, 0) is 51.4 Å². The fraction of sp³-hybridized carbons (Fsp3) is 0.538. The second kappa shape index (κ2) is 10.5. The number of likely N-dealkylation sites (N-methyl/N-ethyl adjacent to an activating group) is 1. The maximum atomic E-state index is 13.0. The number of carbonyl (C=O) groups is 1. The third-order valence-electron chi connectivity index (χ3n) is 7.27. The van der Waals surface area contributed by atoms with Crippen molar-refractivity contribution >= 4 is 11.7 Å². The molecule has 7 heteroatoms. The summed E-state index contributed by atoms with van der Waals surface area (Å²) in [5.74, 6) is 0.564. The minimum atomic E-state index is -0.0517. The molecule has 1 aromatic carbocycles. The molecule has 3 heterocycles. The maximum absolute atomic E-state index is 13.0. The van der Waals surface area contributed by atoms with Gasteiger partial charge in [-0.1, -0.05) is 30.3 Å². The first-order chi connectivity index (χ1) is 16.0. The molecule has 0 spiro atoms. The molecule has 2 saturated heterocycles. The Hall–Kier alpha value is -2.66. The van der Waals surface area contributed by atoms with Crippen molar-refractivity contribution < 1.29 is 4.79 Å². The minimum Gasteiger partial charge on any atom is -0.326 e. The fourth-order valence-electron chi connectivity index (χ4n) is 5.19. The van der Waals surface area contributed by atoms with E-state index in [9.17, 15) is 10.1 Å². The van der Waals surface area contributed by atoms with Gasteiger partial charge >= 0.3 is 0 Å². The number of nitriles is 1. The first kappa shape index (κ1) is 23.5. The van der Waals surface area contributed by atoms with Crippen LogP contribution in [-0.2, 0) is 11.3 Å². The molecule has 2 aliphatic rings. The number of likely N-dealkylation sites (tertiary alicyclic amines) is 1. The van der Waals surface area contributed by atoms with Crippen LogP contribution in [0.5, 0.6) is 0 Å². The van der Waals surface area contributed by atoms with E-state index in [1.165, 1.54) is 19.4 Å². The van der Waals surface area contributed by atoms with Gasteiger partial charge in [0, 0.05) is 51.0 Å². The molecule has 0 saturated carbocycles. The van der Waals surface area contributed by atoms with Crippen molar-refractivity contribution in [2.24, 2.45) is 0 Å². The van der Waals surface area contributed by atoms with E-state index < -0.39 is 0 Å². The molecule has 2 fully saturated rings. The molecule has 1 N–H and O–H groups in total. The third-order valence-corrected chi connectivity index (χ3v) is 7.27. The quantitative estimate of drug-likeness (QED) is 0.736. The van der Waals surface area contributed by atoms with Crippen LogP contribution in [0.2, 0.25) is 0 Å². The molecule has 1 amide bonds. The summed E-state index contributed by atoms with van der Waals surface area (Å²) in [6, 6.07) is 13.1. The van der Waals surface area contributed by atoms with Crippen molar-refractivity contribution in [3.05, 3.63) is 52.7 Å². The molecule has 33 heavy (non-hydrogen) atoms. The summed E-state index contributed by atoms with van der Waals surface area (Å²) in [6.45, 7) is 11.1. The van der Waals surface area contributed by atoms with Crippen molar-refractivity contribution in [3.63, 3.8) is 0 Å². The van der Waals surface area contributed by atoms with Crippen molar-refractivity contribution in [2.45, 2.75) is 39.3 Å². The molecule has 1 atom stereocenters. The zero-order chi connectivity index (χ0) is 23.4. The molecule has 7 nitrogen and oxygen atoms in total. The van der Waals surface area contributed by atoms with Gasteiger partial charge in [0.05, 0.1) is 12.1 Å². The standard InChI is InChI=1S/C26H36N6O/c1-20-21(2)32(17-22-8-5-4-6-9-22)26(24(20)16-27)28-25(33)19-30-12-14-31(15-13-30)23-10-7-11-29(3)18-23/h4-6,8-9,23H,7,10-15,17-19H2,1-3H3,(H,28,33). The number of benzene rings is 1. The molecule has 2 aromatic rings. The Bertz CT molecular complexity index is 1000. The van der Waals surface area contributed by atoms with Crippen molar-refractivity contribution in [1.82, 2.24) is 19.3 Å². The molecule has 0 bridgehead atoms. The van der Waals surface area contributed by atoms with Gasteiger partial charge in [0.2, 0.25) is 5.91 Å². The van der Waals surface area contributed by atoms with Crippen LogP contribution in [0.25, 0.3) is 0 Å². The number of hydrogen-bond donors (Lipinski definition) is 1. The summed E-state index contributed by atoms with van der Waals surface area (Å²) in [5, 5.41) is 12.9. The number of rotatable bonds is 6. The van der Waals surface area contributed by atoms with E-state index in [4.69, 9.17) is 0 Å². The summed E-state index contributed by atoms with van der Waals surface area (Å²) in [5.41, 5.74) is 3.63. The number of piperazine rings is 1. The smallest absolute Gasteiger partial charge is 0.239 e. The Kier molecular flexibility index (Phi) is 7.49. The normalized spacial score (nSPS) is 20.5. The Balaban J connectivity index is 1.38. The van der Waals surface area contributed by atoms with Crippen LogP contribution in [0.3, 0.4) is 0 Å². The first-order valence-corrected chi connectivity index (χ1v) is 12.0. The van der Waals surface area contributed by atoms with Gasteiger partial charge in [0.15, 0.2) is 0 Å². The summed E-state index contributed by atoms with van der Waals surface area (Å²) in [7, 11) is 2.21. The Labute approximate surface area is 197 Å². The molecule has 1 aromatic heterocycles. The molecule has 0 radical (unpaired) electrons. The monoisotopic (exact) mass is 448 g/mol. The highest BCUT2D eigenvalue weighted by atomic mass is 16.2. The van der Waals surface area contributed by atoms with E-state index in [0.717, 1.165) is 49.5 Å². The number of anilines is 1. The molecule has 4 rings (SSSR count). The summed E-state index contributed by atoms with van der Waals surface area (Å²) >= 11 is 0. The van der Waals surface area contributed by atoms with Gasteiger partial charge in [-0.3, -0.25) is 14.6 Å². The summed E-state index contributed by atoms with van der Waals surface area (Å²) in [4.78, 5) is 20.3. The van der Waals surface area contributed by atoms with Crippen molar-refractivity contribution in [3.8, 4) is 6.07 Å². The predicted molar refractivity (Wildman–Crippen MR) is 131 cm³/mol. The lowest BCUT2D eigenvalue weighted by molar-refractivity contribution is -0.117. The maximum Gasteiger partial charge on any atom is 0.239 e. The van der Waals surface area contributed by atoms with Crippen LogP contribution in [-0.4, -0.2) is 84.1 Å². The van der Waals surface area contributed by atoms with Crippen LogP contribution < -0.4 is 5.32 Å². The van der Waals surface area contributed by atoms with Crippen LogP contribution in [0.1, 0.15) is 35.2 Å². The molecule has 2 aliphatic heterocycles. The SMILES string of the molecule is Cc1c(C#N)c(NC(=O)CN2CCN(C3CCCN(C)C3)CC2)n(Cc2ccccc2)c1C. The number of amides is 1. The highest BCUT2D eigenvalue weighted by molar-refractivity contribution is 5.93. The predicted octanol–water partition coefficient (Wildman–Crippen LogP) is 2.68. The number of hydrogen-bond acceptors (Lipinski definition) is 5. The van der Waals surface area contributed by atoms with E-state index in [-0.39, 0.29) is 5.91 Å². The Morgan fingerprint density at radius 3 is 2.52 bits per heavy atom. The zero-order valence-corrected chi connectivity index (χ0v) is 20.2. The number of nitrogens with zero attached hydrogens (tertiary/aromatic N) is 5. The zero-order valence-electron chi connectivity index (χ0n) is 20.2.